The zero-order valence-corrected chi connectivity index (χ0v) is 16.3. The minimum atomic E-state index is -0.140. The summed E-state index contributed by atoms with van der Waals surface area (Å²) in [6.45, 7) is 5.00. The Balaban J connectivity index is 1.48. The quantitative estimate of drug-likeness (QED) is 0.585. The number of aromatic amines is 1. The van der Waals surface area contributed by atoms with Crippen LogP contribution in [0.15, 0.2) is 71.7 Å². The number of rotatable bonds is 4. The second-order valence-corrected chi connectivity index (χ2v) is 7.85. The highest BCUT2D eigenvalue weighted by Crippen LogP contribution is 2.31. The molecule has 0 spiro atoms. The molecule has 1 saturated heterocycles. The highest BCUT2D eigenvalue weighted by Gasteiger charge is 2.33. The normalized spacial score (nSPS) is 19.8. The van der Waals surface area contributed by atoms with Crippen molar-refractivity contribution in [2.24, 2.45) is 5.92 Å². The van der Waals surface area contributed by atoms with Crippen molar-refractivity contribution in [3.05, 3.63) is 88.6 Å². The lowest BCUT2D eigenvalue weighted by Crippen LogP contribution is -2.22. The lowest BCUT2D eigenvalue weighted by molar-refractivity contribution is 0.318. The molecule has 3 heterocycles. The van der Waals surface area contributed by atoms with Gasteiger partial charge in [0.25, 0.3) is 5.56 Å². The number of fused-ring (bicyclic) bond motifs is 1. The van der Waals surface area contributed by atoms with Crippen LogP contribution in [-0.4, -0.2) is 37.6 Å². The molecule has 2 aromatic heterocycles. The van der Waals surface area contributed by atoms with Crippen LogP contribution >= 0.6 is 0 Å². The van der Waals surface area contributed by atoms with Crippen LogP contribution in [0.2, 0.25) is 0 Å². The number of hydrogen-bond acceptors (Lipinski definition) is 4. The summed E-state index contributed by atoms with van der Waals surface area (Å²) in [5.41, 5.74) is 2.58. The Hall–Kier alpha value is -3.25. The fourth-order valence-corrected chi connectivity index (χ4v) is 4.26. The Bertz CT molecular complexity index is 1180. The van der Waals surface area contributed by atoms with E-state index in [1.165, 1.54) is 5.56 Å². The summed E-state index contributed by atoms with van der Waals surface area (Å²) in [4.78, 5) is 22.6. The number of aromatic nitrogens is 4. The van der Waals surface area contributed by atoms with E-state index in [0.717, 1.165) is 31.0 Å². The Morgan fingerprint density at radius 3 is 2.52 bits per heavy atom. The minimum absolute atomic E-state index is 0.140. The van der Waals surface area contributed by atoms with E-state index in [9.17, 15) is 4.79 Å². The van der Waals surface area contributed by atoms with Crippen molar-refractivity contribution in [3.8, 4) is 11.4 Å². The van der Waals surface area contributed by atoms with E-state index in [0.29, 0.717) is 17.3 Å². The van der Waals surface area contributed by atoms with Crippen molar-refractivity contribution < 1.29 is 0 Å². The molecule has 146 valence electrons. The summed E-state index contributed by atoms with van der Waals surface area (Å²) in [7, 11) is 0. The molecular weight excluding hydrogens is 362 g/mol. The highest BCUT2D eigenvalue weighted by atomic mass is 16.1. The Morgan fingerprint density at radius 2 is 1.76 bits per heavy atom. The van der Waals surface area contributed by atoms with Crippen LogP contribution in [0.4, 0.5) is 0 Å². The molecule has 5 rings (SSSR count). The first-order valence-corrected chi connectivity index (χ1v) is 9.98. The summed E-state index contributed by atoms with van der Waals surface area (Å²) in [5.74, 6) is 2.02. The van der Waals surface area contributed by atoms with Gasteiger partial charge in [0, 0.05) is 31.1 Å². The van der Waals surface area contributed by atoms with Gasteiger partial charge in [0.2, 0.25) is 0 Å². The Labute approximate surface area is 168 Å². The summed E-state index contributed by atoms with van der Waals surface area (Å²) in [6.07, 6.45) is 1.59. The molecule has 0 bridgehead atoms. The minimum Gasteiger partial charge on any atom is -0.307 e. The third-order valence-corrected chi connectivity index (χ3v) is 5.74. The van der Waals surface area contributed by atoms with E-state index >= 15 is 0 Å². The summed E-state index contributed by atoms with van der Waals surface area (Å²) in [5, 5.41) is 4.82. The van der Waals surface area contributed by atoms with Crippen LogP contribution in [0.3, 0.4) is 0 Å². The molecule has 1 aliphatic rings. The van der Waals surface area contributed by atoms with Gasteiger partial charge in [-0.2, -0.15) is 5.10 Å². The number of nitrogens with one attached hydrogen (secondary N) is 1. The largest absolute Gasteiger partial charge is 0.307 e. The first-order chi connectivity index (χ1) is 14.2. The second-order valence-electron chi connectivity index (χ2n) is 7.85. The number of H-pyrrole nitrogens is 1. The third kappa shape index (κ3) is 3.36. The maximum atomic E-state index is 12.7. The van der Waals surface area contributed by atoms with E-state index in [2.05, 4.69) is 46.1 Å². The predicted molar refractivity (Wildman–Crippen MR) is 113 cm³/mol. The average molecular weight is 385 g/mol. The first kappa shape index (κ1) is 17.8. The van der Waals surface area contributed by atoms with Crippen LogP contribution in [0.1, 0.15) is 24.2 Å². The SMILES string of the molecule is CC1CN(Cc2ccccc2)CC1c1nn2c(-c3ccccc3)ncc2c(=O)[nH]1. The van der Waals surface area contributed by atoms with Crippen LogP contribution in [0.25, 0.3) is 16.9 Å². The van der Waals surface area contributed by atoms with Crippen molar-refractivity contribution in [3.63, 3.8) is 0 Å². The number of nitrogens with zero attached hydrogens (tertiary/aromatic N) is 4. The van der Waals surface area contributed by atoms with Gasteiger partial charge in [0.15, 0.2) is 11.3 Å². The van der Waals surface area contributed by atoms with Gasteiger partial charge < -0.3 is 4.98 Å². The Kier molecular flexibility index (Phi) is 4.48. The first-order valence-electron chi connectivity index (χ1n) is 9.98. The second kappa shape index (κ2) is 7.29. The van der Waals surface area contributed by atoms with E-state index in [4.69, 9.17) is 5.10 Å². The molecule has 2 unspecified atom stereocenters. The summed E-state index contributed by atoms with van der Waals surface area (Å²) in [6, 6.07) is 20.4. The van der Waals surface area contributed by atoms with E-state index in [-0.39, 0.29) is 11.5 Å². The lowest BCUT2D eigenvalue weighted by Gasteiger charge is -2.16. The summed E-state index contributed by atoms with van der Waals surface area (Å²) >= 11 is 0. The van der Waals surface area contributed by atoms with E-state index in [1.807, 2.05) is 36.4 Å². The van der Waals surface area contributed by atoms with Gasteiger partial charge in [0.05, 0.1) is 6.20 Å². The smallest absolute Gasteiger partial charge is 0.276 e. The number of benzene rings is 2. The van der Waals surface area contributed by atoms with Gasteiger partial charge in [-0.15, -0.1) is 0 Å². The molecule has 6 nitrogen and oxygen atoms in total. The van der Waals surface area contributed by atoms with Crippen LogP contribution in [0, 0.1) is 5.92 Å². The molecule has 0 saturated carbocycles. The lowest BCUT2D eigenvalue weighted by atomic mass is 9.97. The van der Waals surface area contributed by atoms with Gasteiger partial charge in [-0.25, -0.2) is 9.50 Å². The van der Waals surface area contributed by atoms with E-state index < -0.39 is 0 Å². The molecule has 4 aromatic rings. The van der Waals surface area contributed by atoms with Gasteiger partial charge in [0.1, 0.15) is 5.82 Å². The van der Waals surface area contributed by atoms with Crippen LogP contribution in [0.5, 0.6) is 0 Å². The number of hydrogen-bond donors (Lipinski definition) is 1. The van der Waals surface area contributed by atoms with Gasteiger partial charge in [-0.05, 0) is 11.5 Å². The number of imidazole rings is 1. The fourth-order valence-electron chi connectivity index (χ4n) is 4.26. The molecule has 0 amide bonds. The van der Waals surface area contributed by atoms with Gasteiger partial charge >= 0.3 is 0 Å². The highest BCUT2D eigenvalue weighted by molar-refractivity contribution is 5.60. The summed E-state index contributed by atoms with van der Waals surface area (Å²) < 4.78 is 1.69. The molecular formula is C23H23N5O. The molecule has 2 atom stereocenters. The Morgan fingerprint density at radius 1 is 1.03 bits per heavy atom. The van der Waals surface area contributed by atoms with Gasteiger partial charge in [-0.3, -0.25) is 9.69 Å². The molecule has 29 heavy (non-hydrogen) atoms. The van der Waals surface area contributed by atoms with E-state index in [1.54, 1.807) is 10.7 Å². The molecule has 1 aliphatic heterocycles. The maximum absolute atomic E-state index is 12.7. The maximum Gasteiger partial charge on any atom is 0.276 e. The number of likely N-dealkylation sites (tertiary alicyclic amines) is 1. The molecule has 1 N–H and O–H groups in total. The van der Waals surface area contributed by atoms with Crippen molar-refractivity contribution in [2.45, 2.75) is 19.4 Å². The third-order valence-electron chi connectivity index (χ3n) is 5.74. The van der Waals surface area contributed by atoms with Crippen molar-refractivity contribution in [2.75, 3.05) is 13.1 Å². The fraction of sp³-hybridized carbons (Fsp3) is 0.261. The monoisotopic (exact) mass is 385 g/mol. The topological polar surface area (TPSA) is 66.3 Å². The predicted octanol–water partition coefficient (Wildman–Crippen LogP) is 3.32. The van der Waals surface area contributed by atoms with Crippen molar-refractivity contribution in [1.29, 1.82) is 0 Å². The van der Waals surface area contributed by atoms with Crippen molar-refractivity contribution >= 4 is 5.52 Å². The zero-order valence-electron chi connectivity index (χ0n) is 16.3. The molecule has 0 radical (unpaired) electrons. The van der Waals surface area contributed by atoms with Crippen LogP contribution in [-0.2, 0) is 6.54 Å². The van der Waals surface area contributed by atoms with Crippen LogP contribution < -0.4 is 5.56 Å². The zero-order chi connectivity index (χ0) is 19.8. The standard InChI is InChI=1S/C23H23N5O/c1-16-13-27(14-17-8-4-2-5-9-17)15-19(16)21-25-23(29)20-12-24-22(28(20)26-21)18-10-6-3-7-11-18/h2-12,16,19H,13-15H2,1H3,(H,25,26,29). The molecule has 0 aliphatic carbocycles. The average Bonchev–Trinajstić information content (AvgIpc) is 3.33. The molecule has 6 heteroatoms. The molecule has 2 aromatic carbocycles. The molecule has 1 fully saturated rings. The van der Waals surface area contributed by atoms with Crippen molar-refractivity contribution in [1.82, 2.24) is 24.5 Å². The van der Waals surface area contributed by atoms with Gasteiger partial charge in [-0.1, -0.05) is 67.6 Å².